The first-order valence-corrected chi connectivity index (χ1v) is 10.3. The molecule has 3 N–H and O–H groups in total. The molecule has 0 spiro atoms. The van der Waals surface area contributed by atoms with Crippen LogP contribution in [0.2, 0.25) is 0 Å². The summed E-state index contributed by atoms with van der Waals surface area (Å²) in [6.07, 6.45) is 2.64. The summed E-state index contributed by atoms with van der Waals surface area (Å²) in [5, 5.41) is 9.19. The molecule has 0 unspecified atom stereocenters. The number of fused-ring (bicyclic) bond motifs is 1. The first kappa shape index (κ1) is 19.6. The van der Waals surface area contributed by atoms with E-state index in [1.165, 1.54) is 11.1 Å². The molecular formula is C23H27N3O3. The maximum atomic E-state index is 13.0. The largest absolute Gasteiger partial charge is 0.376 e. The average molecular weight is 393 g/mol. The number of carbonyl (C=O) groups excluding carboxylic acids is 2. The molecule has 1 fully saturated rings. The van der Waals surface area contributed by atoms with Crippen molar-refractivity contribution >= 4 is 11.8 Å². The van der Waals surface area contributed by atoms with Gasteiger partial charge in [0.2, 0.25) is 11.8 Å². The molecule has 2 aliphatic rings. The van der Waals surface area contributed by atoms with Crippen LogP contribution < -0.4 is 16.0 Å². The highest BCUT2D eigenvalue weighted by molar-refractivity contribution is 5.90. The lowest BCUT2D eigenvalue weighted by atomic mass is 9.95. The number of carbonyl (C=O) groups is 2. The van der Waals surface area contributed by atoms with Crippen molar-refractivity contribution in [2.45, 2.75) is 44.0 Å². The summed E-state index contributed by atoms with van der Waals surface area (Å²) in [6.45, 7) is 1.86. The lowest BCUT2D eigenvalue weighted by molar-refractivity contribution is -0.130. The molecule has 2 aromatic rings. The predicted molar refractivity (Wildman–Crippen MR) is 110 cm³/mol. The quantitative estimate of drug-likeness (QED) is 0.700. The Bertz CT molecular complexity index is 849. The van der Waals surface area contributed by atoms with Gasteiger partial charge in [-0.15, -0.1) is 0 Å². The van der Waals surface area contributed by atoms with Crippen LogP contribution in [-0.2, 0) is 27.3 Å². The van der Waals surface area contributed by atoms with Crippen molar-refractivity contribution in [2.75, 3.05) is 13.2 Å². The number of rotatable bonds is 6. The van der Waals surface area contributed by atoms with Crippen LogP contribution in [-0.4, -0.2) is 37.1 Å². The second-order valence-corrected chi connectivity index (χ2v) is 7.64. The topological polar surface area (TPSA) is 79.5 Å². The second kappa shape index (κ2) is 9.20. The molecule has 0 bridgehead atoms. The van der Waals surface area contributed by atoms with Gasteiger partial charge in [0.15, 0.2) is 0 Å². The summed E-state index contributed by atoms with van der Waals surface area (Å²) in [6, 6.07) is 16.4. The molecule has 0 aromatic heterocycles. The van der Waals surface area contributed by atoms with E-state index in [4.69, 9.17) is 4.74 Å². The standard InChI is InChI=1S/C23H27N3O3/c27-22(20-13-17-9-4-5-10-18(17)14-24-20)26-21(16-7-2-1-3-8-16)23(28)25-15-19-11-6-12-29-19/h1-5,7-10,19-21,24H,6,11-15H2,(H,25,28)(H,26,27)/t19-,20+,21-/m1/s1. The van der Waals surface area contributed by atoms with Crippen LogP contribution in [0.25, 0.3) is 0 Å². The van der Waals surface area contributed by atoms with Gasteiger partial charge >= 0.3 is 0 Å². The van der Waals surface area contributed by atoms with Gasteiger partial charge in [-0.1, -0.05) is 54.6 Å². The maximum absolute atomic E-state index is 13.0. The van der Waals surface area contributed by atoms with Crippen molar-refractivity contribution in [1.82, 2.24) is 16.0 Å². The minimum Gasteiger partial charge on any atom is -0.376 e. The van der Waals surface area contributed by atoms with E-state index in [0.29, 0.717) is 19.5 Å². The molecule has 6 heteroatoms. The molecule has 2 aromatic carbocycles. The van der Waals surface area contributed by atoms with Crippen LogP contribution in [0.3, 0.4) is 0 Å². The molecule has 2 heterocycles. The number of amides is 2. The van der Waals surface area contributed by atoms with Crippen LogP contribution >= 0.6 is 0 Å². The Kier molecular flexibility index (Phi) is 6.22. The van der Waals surface area contributed by atoms with E-state index < -0.39 is 6.04 Å². The first-order chi connectivity index (χ1) is 14.2. The molecule has 6 nitrogen and oxygen atoms in total. The van der Waals surface area contributed by atoms with Crippen molar-refractivity contribution in [3.05, 3.63) is 71.3 Å². The summed E-state index contributed by atoms with van der Waals surface area (Å²) in [7, 11) is 0. The molecule has 3 atom stereocenters. The highest BCUT2D eigenvalue weighted by Gasteiger charge is 2.29. The number of benzene rings is 2. The highest BCUT2D eigenvalue weighted by atomic mass is 16.5. The van der Waals surface area contributed by atoms with Crippen LogP contribution in [0.1, 0.15) is 35.6 Å². The van der Waals surface area contributed by atoms with E-state index >= 15 is 0 Å². The van der Waals surface area contributed by atoms with E-state index in [-0.39, 0.29) is 24.0 Å². The molecule has 0 saturated carbocycles. The van der Waals surface area contributed by atoms with E-state index in [0.717, 1.165) is 25.0 Å². The zero-order chi connectivity index (χ0) is 20.1. The monoisotopic (exact) mass is 393 g/mol. The van der Waals surface area contributed by atoms with Gasteiger partial charge in [-0.05, 0) is 36.0 Å². The Morgan fingerprint density at radius 1 is 1.07 bits per heavy atom. The fourth-order valence-corrected chi connectivity index (χ4v) is 3.95. The third kappa shape index (κ3) is 4.83. The second-order valence-electron chi connectivity index (χ2n) is 7.64. The molecule has 2 amide bonds. The maximum Gasteiger partial charge on any atom is 0.247 e. The Morgan fingerprint density at radius 2 is 1.83 bits per heavy atom. The molecule has 0 radical (unpaired) electrons. The van der Waals surface area contributed by atoms with E-state index in [2.05, 4.69) is 28.1 Å². The van der Waals surface area contributed by atoms with Gasteiger partial charge in [-0.25, -0.2) is 0 Å². The van der Waals surface area contributed by atoms with Crippen LogP contribution in [0.15, 0.2) is 54.6 Å². The van der Waals surface area contributed by atoms with Gasteiger partial charge in [0.1, 0.15) is 6.04 Å². The Morgan fingerprint density at radius 3 is 2.59 bits per heavy atom. The fraction of sp³-hybridized carbons (Fsp3) is 0.391. The number of hydrogen-bond acceptors (Lipinski definition) is 4. The average Bonchev–Trinajstić information content (AvgIpc) is 3.29. The first-order valence-electron chi connectivity index (χ1n) is 10.3. The van der Waals surface area contributed by atoms with Gasteiger partial charge in [0.25, 0.3) is 0 Å². The van der Waals surface area contributed by atoms with Crippen molar-refractivity contribution < 1.29 is 14.3 Å². The lowest BCUT2D eigenvalue weighted by Gasteiger charge is -2.27. The molecule has 152 valence electrons. The highest BCUT2D eigenvalue weighted by Crippen LogP contribution is 2.19. The van der Waals surface area contributed by atoms with E-state index in [1.54, 1.807) is 0 Å². The van der Waals surface area contributed by atoms with Gasteiger partial charge < -0.3 is 20.7 Å². The van der Waals surface area contributed by atoms with Crippen molar-refractivity contribution in [1.29, 1.82) is 0 Å². The Labute approximate surface area is 171 Å². The number of nitrogens with one attached hydrogen (secondary N) is 3. The Balaban J connectivity index is 1.43. The van der Waals surface area contributed by atoms with Crippen molar-refractivity contribution in [3.8, 4) is 0 Å². The third-order valence-corrected chi connectivity index (χ3v) is 5.61. The zero-order valence-corrected chi connectivity index (χ0v) is 16.4. The number of hydrogen-bond donors (Lipinski definition) is 3. The molecule has 1 saturated heterocycles. The van der Waals surface area contributed by atoms with Gasteiger partial charge in [-0.3, -0.25) is 9.59 Å². The summed E-state index contributed by atoms with van der Waals surface area (Å²) < 4.78 is 5.59. The minimum absolute atomic E-state index is 0.0580. The molecule has 4 rings (SSSR count). The van der Waals surface area contributed by atoms with Gasteiger partial charge in [-0.2, -0.15) is 0 Å². The molecule has 29 heavy (non-hydrogen) atoms. The third-order valence-electron chi connectivity index (χ3n) is 5.61. The molecular weight excluding hydrogens is 366 g/mol. The Hall–Kier alpha value is -2.70. The zero-order valence-electron chi connectivity index (χ0n) is 16.4. The van der Waals surface area contributed by atoms with Crippen molar-refractivity contribution in [2.24, 2.45) is 0 Å². The fourth-order valence-electron chi connectivity index (χ4n) is 3.95. The van der Waals surface area contributed by atoms with Crippen LogP contribution in [0.5, 0.6) is 0 Å². The smallest absolute Gasteiger partial charge is 0.247 e. The normalized spacial score (nSPS) is 21.8. The minimum atomic E-state index is -0.732. The summed E-state index contributed by atoms with van der Waals surface area (Å²) in [5.74, 6) is -0.378. The van der Waals surface area contributed by atoms with E-state index in [1.807, 2.05) is 42.5 Å². The SMILES string of the molecule is O=C(N[C@@H](C(=O)NC[C@H]1CCCO1)c1ccccc1)[C@@H]1Cc2ccccc2CN1. The lowest BCUT2D eigenvalue weighted by Crippen LogP contribution is -2.51. The summed E-state index contributed by atoms with van der Waals surface area (Å²) in [5.41, 5.74) is 3.15. The number of ether oxygens (including phenoxy) is 1. The van der Waals surface area contributed by atoms with E-state index in [9.17, 15) is 9.59 Å². The van der Waals surface area contributed by atoms with Gasteiger partial charge in [0.05, 0.1) is 12.1 Å². The van der Waals surface area contributed by atoms with Crippen molar-refractivity contribution in [3.63, 3.8) is 0 Å². The molecule has 2 aliphatic heterocycles. The summed E-state index contributed by atoms with van der Waals surface area (Å²) in [4.78, 5) is 25.9. The van der Waals surface area contributed by atoms with Gasteiger partial charge in [0, 0.05) is 19.7 Å². The summed E-state index contributed by atoms with van der Waals surface area (Å²) >= 11 is 0. The predicted octanol–water partition coefficient (Wildman–Crippen LogP) is 1.85. The van der Waals surface area contributed by atoms with Crippen LogP contribution in [0, 0.1) is 0 Å². The van der Waals surface area contributed by atoms with Crippen LogP contribution in [0.4, 0.5) is 0 Å². The molecule has 0 aliphatic carbocycles.